The van der Waals surface area contributed by atoms with E-state index in [4.69, 9.17) is 4.42 Å². The topological polar surface area (TPSA) is 58.4 Å². The van der Waals surface area contributed by atoms with Crippen molar-refractivity contribution in [1.82, 2.24) is 15.2 Å². The molecular weight excluding hydrogens is 424 g/mol. The molecule has 1 aliphatic rings. The lowest BCUT2D eigenvalue weighted by Crippen LogP contribution is -2.49. The van der Waals surface area contributed by atoms with E-state index < -0.39 is 0 Å². The van der Waals surface area contributed by atoms with Crippen molar-refractivity contribution < 1.29 is 13.6 Å². The quantitative estimate of drug-likeness (QED) is 0.659. The smallest absolute Gasteiger partial charge is 0.229 e. The van der Waals surface area contributed by atoms with Crippen molar-refractivity contribution >= 4 is 42.1 Å². The second-order valence-corrected chi connectivity index (χ2v) is 7.05. The first-order valence-corrected chi connectivity index (χ1v) is 9.31. The number of rotatable bonds is 4. The lowest BCUT2D eigenvalue weighted by atomic mass is 10.0. The minimum absolute atomic E-state index is 0. The van der Waals surface area contributed by atoms with Crippen LogP contribution in [0.1, 0.15) is 17.3 Å². The van der Waals surface area contributed by atoms with E-state index in [1.807, 2.05) is 22.4 Å². The third kappa shape index (κ3) is 4.91. The molecule has 1 N–H and O–H groups in total. The fourth-order valence-corrected chi connectivity index (χ4v) is 3.98. The van der Waals surface area contributed by atoms with Gasteiger partial charge in [0.1, 0.15) is 17.1 Å². The van der Waals surface area contributed by atoms with Crippen LogP contribution in [0.5, 0.6) is 0 Å². The molecule has 2 aromatic heterocycles. The summed E-state index contributed by atoms with van der Waals surface area (Å²) in [6, 6.07) is 8.14. The Bertz CT molecular complexity index is 904. The molecule has 1 aliphatic heterocycles. The van der Waals surface area contributed by atoms with Crippen molar-refractivity contribution in [3.63, 3.8) is 0 Å². The fourth-order valence-electron chi connectivity index (χ4n) is 3.18. The second kappa shape index (κ2) is 10.0. The normalized spacial score (nSPS) is 16.2. The SMILES string of the molecule is Cl.Cl.O=C(Cc1csc(-c2ccoc2)n1)N1CCNCC1c1cccc(F)c1. The van der Waals surface area contributed by atoms with Crippen LogP contribution in [0.2, 0.25) is 0 Å². The number of thiazole rings is 1. The number of furan rings is 1. The molecule has 4 rings (SSSR count). The molecule has 0 spiro atoms. The van der Waals surface area contributed by atoms with Crippen LogP contribution in [0.3, 0.4) is 0 Å². The molecule has 3 aromatic rings. The Morgan fingerprint density at radius 3 is 2.96 bits per heavy atom. The second-order valence-electron chi connectivity index (χ2n) is 6.19. The molecule has 9 heteroatoms. The number of aromatic nitrogens is 1. The van der Waals surface area contributed by atoms with Gasteiger partial charge in [0, 0.05) is 30.6 Å². The van der Waals surface area contributed by atoms with E-state index in [1.54, 1.807) is 18.6 Å². The Morgan fingerprint density at radius 2 is 2.21 bits per heavy atom. The number of hydrogen-bond acceptors (Lipinski definition) is 5. The van der Waals surface area contributed by atoms with E-state index in [0.29, 0.717) is 13.1 Å². The van der Waals surface area contributed by atoms with E-state index in [9.17, 15) is 9.18 Å². The molecule has 3 heterocycles. The van der Waals surface area contributed by atoms with Crippen LogP contribution in [-0.2, 0) is 11.2 Å². The fraction of sp³-hybridized carbons (Fsp3) is 0.263. The van der Waals surface area contributed by atoms with Crippen LogP contribution in [0.4, 0.5) is 4.39 Å². The summed E-state index contributed by atoms with van der Waals surface area (Å²) in [6.45, 7) is 1.94. The van der Waals surface area contributed by atoms with Crippen LogP contribution in [0.25, 0.3) is 10.6 Å². The minimum Gasteiger partial charge on any atom is -0.472 e. The molecule has 1 fully saturated rings. The van der Waals surface area contributed by atoms with E-state index in [1.165, 1.54) is 23.5 Å². The van der Waals surface area contributed by atoms with Gasteiger partial charge >= 0.3 is 0 Å². The molecule has 0 aliphatic carbocycles. The van der Waals surface area contributed by atoms with Crippen LogP contribution < -0.4 is 5.32 Å². The molecule has 1 aromatic carbocycles. The van der Waals surface area contributed by atoms with Crippen LogP contribution in [0.15, 0.2) is 52.7 Å². The number of nitrogens with one attached hydrogen (secondary N) is 1. The highest BCUT2D eigenvalue weighted by Gasteiger charge is 2.28. The van der Waals surface area contributed by atoms with Gasteiger partial charge < -0.3 is 14.6 Å². The van der Waals surface area contributed by atoms with Gasteiger partial charge in [-0.1, -0.05) is 12.1 Å². The number of carbonyl (C=O) groups is 1. The highest BCUT2D eigenvalue weighted by Crippen LogP contribution is 2.26. The zero-order valence-electron chi connectivity index (χ0n) is 14.8. The Balaban J connectivity index is 0.00000140. The van der Waals surface area contributed by atoms with Crippen molar-refractivity contribution in [1.29, 1.82) is 0 Å². The minimum atomic E-state index is -0.287. The van der Waals surface area contributed by atoms with Gasteiger partial charge in [-0.15, -0.1) is 36.2 Å². The molecule has 28 heavy (non-hydrogen) atoms. The van der Waals surface area contributed by atoms with Gasteiger partial charge in [0.2, 0.25) is 5.91 Å². The van der Waals surface area contributed by atoms with Crippen molar-refractivity contribution in [2.75, 3.05) is 19.6 Å². The van der Waals surface area contributed by atoms with Gasteiger partial charge in [-0.2, -0.15) is 0 Å². The maximum Gasteiger partial charge on any atom is 0.229 e. The number of halogens is 3. The summed E-state index contributed by atoms with van der Waals surface area (Å²) in [6.07, 6.45) is 3.48. The van der Waals surface area contributed by atoms with Crippen molar-refractivity contribution in [3.8, 4) is 10.6 Å². The van der Waals surface area contributed by atoms with Crippen LogP contribution >= 0.6 is 36.2 Å². The molecule has 0 saturated carbocycles. The molecule has 1 unspecified atom stereocenters. The maximum atomic E-state index is 13.6. The molecule has 5 nitrogen and oxygen atoms in total. The first kappa shape index (κ1) is 22.4. The number of benzene rings is 1. The lowest BCUT2D eigenvalue weighted by Gasteiger charge is -2.36. The number of piperazine rings is 1. The van der Waals surface area contributed by atoms with E-state index in [2.05, 4.69) is 10.3 Å². The van der Waals surface area contributed by atoms with Gasteiger partial charge in [0.25, 0.3) is 0 Å². The van der Waals surface area contributed by atoms with Gasteiger partial charge in [-0.05, 0) is 23.8 Å². The number of amides is 1. The predicted molar refractivity (Wildman–Crippen MR) is 112 cm³/mol. The zero-order valence-corrected chi connectivity index (χ0v) is 17.3. The Kier molecular flexibility index (Phi) is 8.00. The van der Waals surface area contributed by atoms with Crippen LogP contribution in [0, 0.1) is 5.82 Å². The number of hydrogen-bond donors (Lipinski definition) is 1. The molecular formula is C19H20Cl2FN3O2S. The third-order valence-corrected chi connectivity index (χ3v) is 5.39. The van der Waals surface area contributed by atoms with E-state index in [0.717, 1.165) is 28.4 Å². The summed E-state index contributed by atoms with van der Waals surface area (Å²) in [5, 5.41) is 6.02. The van der Waals surface area contributed by atoms with Gasteiger partial charge in [-0.3, -0.25) is 4.79 Å². The van der Waals surface area contributed by atoms with Crippen molar-refractivity contribution in [3.05, 3.63) is 65.3 Å². The van der Waals surface area contributed by atoms with Gasteiger partial charge in [-0.25, -0.2) is 9.37 Å². The maximum absolute atomic E-state index is 13.6. The summed E-state index contributed by atoms with van der Waals surface area (Å²) in [5.74, 6) is -0.283. The third-order valence-electron chi connectivity index (χ3n) is 4.45. The van der Waals surface area contributed by atoms with Crippen molar-refractivity contribution in [2.24, 2.45) is 0 Å². The summed E-state index contributed by atoms with van der Waals surface area (Å²) in [7, 11) is 0. The van der Waals surface area contributed by atoms with Crippen molar-refractivity contribution in [2.45, 2.75) is 12.5 Å². The molecule has 150 valence electrons. The molecule has 0 bridgehead atoms. The zero-order chi connectivity index (χ0) is 17.9. The standard InChI is InChI=1S/C19H18FN3O2S.2ClH/c20-15-3-1-2-13(8-15)17-10-21-5-6-23(17)18(24)9-16-12-26-19(22-16)14-4-7-25-11-14;;/h1-4,7-8,11-12,17,21H,5-6,9-10H2;2*1H. The Labute approximate surface area is 178 Å². The molecule has 0 radical (unpaired) electrons. The lowest BCUT2D eigenvalue weighted by molar-refractivity contribution is -0.133. The van der Waals surface area contributed by atoms with E-state index >= 15 is 0 Å². The van der Waals surface area contributed by atoms with Gasteiger partial charge in [0.05, 0.1) is 24.4 Å². The first-order valence-electron chi connectivity index (χ1n) is 8.43. The average molecular weight is 444 g/mol. The predicted octanol–water partition coefficient (Wildman–Crippen LogP) is 4.10. The summed E-state index contributed by atoms with van der Waals surface area (Å²) in [4.78, 5) is 19.2. The number of carbonyl (C=O) groups excluding carboxylic acids is 1. The van der Waals surface area contributed by atoms with Crippen LogP contribution in [-0.4, -0.2) is 35.4 Å². The summed E-state index contributed by atoms with van der Waals surface area (Å²) < 4.78 is 18.7. The Hall–Kier alpha value is -1.93. The van der Waals surface area contributed by atoms with E-state index in [-0.39, 0.29) is 49.0 Å². The monoisotopic (exact) mass is 443 g/mol. The number of nitrogens with zero attached hydrogens (tertiary/aromatic N) is 2. The summed E-state index contributed by atoms with van der Waals surface area (Å²) >= 11 is 1.49. The highest BCUT2D eigenvalue weighted by molar-refractivity contribution is 7.13. The molecule has 1 saturated heterocycles. The first-order chi connectivity index (χ1) is 12.7. The molecule has 1 atom stereocenters. The average Bonchev–Trinajstić information content (AvgIpc) is 3.33. The van der Waals surface area contributed by atoms with Gasteiger partial charge in [0.15, 0.2) is 0 Å². The summed E-state index contributed by atoms with van der Waals surface area (Å²) in [5.41, 5.74) is 2.46. The largest absolute Gasteiger partial charge is 0.472 e. The molecule has 1 amide bonds. The Morgan fingerprint density at radius 1 is 1.36 bits per heavy atom. The highest BCUT2D eigenvalue weighted by atomic mass is 35.5.